The van der Waals surface area contributed by atoms with E-state index in [0.29, 0.717) is 23.0 Å². The van der Waals surface area contributed by atoms with E-state index in [4.69, 9.17) is 9.16 Å². The third-order valence-corrected chi connectivity index (χ3v) is 15.9. The van der Waals surface area contributed by atoms with Crippen molar-refractivity contribution >= 4 is 8.32 Å². The number of hydrogen-bond acceptors (Lipinski definition) is 4. The first-order valence-corrected chi connectivity index (χ1v) is 17.2. The number of benzene rings is 2. The number of hydrogen-bond donors (Lipinski definition) is 2. The Morgan fingerprint density at radius 1 is 0.900 bits per heavy atom. The van der Waals surface area contributed by atoms with Gasteiger partial charge in [0.25, 0.3) is 8.32 Å². The maximum absolute atomic E-state index is 11.7. The number of rotatable bonds is 6. The van der Waals surface area contributed by atoms with E-state index in [0.717, 1.165) is 59.6 Å². The molecular weight excluding hydrogens is 514 g/mol. The highest BCUT2D eigenvalue weighted by Crippen LogP contribution is 2.59. The Hall–Kier alpha value is -3.12. The topological polar surface area (TPSA) is 63.8 Å². The minimum Gasteiger partial charge on any atom is -0.543 e. The standard InChI is InChI=1S/C34H43NO4Si/c1-21(2)40(22(3)4,23(5)6)39-25-14-15-26-29(20-25)38-34(18-10-11-19-34)28-17-16-27-31(30(26)28)33(37)35(32(27)36)24-12-8-7-9-13-24/h7-9,12-15,17,20-23,30,36-37H,10-11,16,18-19H2,1-6H3/t30-/m0/s1. The summed E-state index contributed by atoms with van der Waals surface area (Å²) in [6, 6.07) is 15.9. The molecule has 0 saturated heterocycles. The molecule has 1 atom stereocenters. The molecule has 0 bridgehead atoms. The monoisotopic (exact) mass is 557 g/mol. The Kier molecular flexibility index (Phi) is 6.60. The van der Waals surface area contributed by atoms with Crippen LogP contribution in [0.4, 0.5) is 0 Å². The first-order valence-electron chi connectivity index (χ1n) is 15.0. The minimum absolute atomic E-state index is 0.112. The van der Waals surface area contributed by atoms with Gasteiger partial charge in [0.05, 0.1) is 5.69 Å². The first-order chi connectivity index (χ1) is 19.1. The van der Waals surface area contributed by atoms with E-state index in [-0.39, 0.29) is 23.3 Å². The Bertz CT molecular complexity index is 1420. The molecule has 0 radical (unpaired) electrons. The fourth-order valence-electron chi connectivity index (χ4n) is 8.26. The summed E-state index contributed by atoms with van der Waals surface area (Å²) in [6.07, 6.45) is 7.00. The Morgan fingerprint density at radius 3 is 2.17 bits per heavy atom. The van der Waals surface area contributed by atoms with Gasteiger partial charge in [0, 0.05) is 28.7 Å². The van der Waals surface area contributed by atoms with Gasteiger partial charge in [0.1, 0.15) is 17.1 Å². The van der Waals surface area contributed by atoms with Gasteiger partial charge in [-0.1, -0.05) is 71.9 Å². The molecule has 3 aromatic rings. The van der Waals surface area contributed by atoms with Crippen LogP contribution >= 0.6 is 0 Å². The van der Waals surface area contributed by atoms with E-state index in [1.165, 1.54) is 5.57 Å². The maximum Gasteiger partial charge on any atom is 0.258 e. The van der Waals surface area contributed by atoms with Gasteiger partial charge < -0.3 is 19.4 Å². The Balaban J connectivity index is 1.50. The van der Waals surface area contributed by atoms with Crippen molar-refractivity contribution < 1.29 is 19.4 Å². The van der Waals surface area contributed by atoms with Gasteiger partial charge in [-0.2, -0.15) is 0 Å². The van der Waals surface area contributed by atoms with E-state index in [1.807, 2.05) is 30.3 Å². The SMILES string of the molecule is CC(C)[Si](Oc1ccc2c(c1)OC1(CCCC1)C1=CCc3c(c(O)n(-c4ccccc4)c3O)[C@H]12)(C(C)C)C(C)C. The number of aromatic hydroxyl groups is 2. The predicted molar refractivity (Wildman–Crippen MR) is 163 cm³/mol. The van der Waals surface area contributed by atoms with Crippen LogP contribution in [-0.4, -0.2) is 28.7 Å². The van der Waals surface area contributed by atoms with Crippen molar-refractivity contribution in [2.75, 3.05) is 0 Å². The van der Waals surface area contributed by atoms with E-state index in [9.17, 15) is 10.2 Å². The van der Waals surface area contributed by atoms with E-state index in [2.05, 4.69) is 65.8 Å². The molecule has 2 aromatic carbocycles. The fraction of sp³-hybridized carbons (Fsp3) is 0.471. The smallest absolute Gasteiger partial charge is 0.258 e. The summed E-state index contributed by atoms with van der Waals surface area (Å²) in [5.41, 5.74) is 5.64. The van der Waals surface area contributed by atoms with Gasteiger partial charge in [-0.15, -0.1) is 0 Å². The number of nitrogens with zero attached hydrogens (tertiary/aromatic N) is 1. The van der Waals surface area contributed by atoms with E-state index in [1.54, 1.807) is 4.57 Å². The number of ether oxygens (including phenoxy) is 1. The molecule has 0 amide bonds. The van der Waals surface area contributed by atoms with Crippen LogP contribution in [0.3, 0.4) is 0 Å². The molecule has 1 saturated carbocycles. The normalized spacial score (nSPS) is 19.4. The second kappa shape index (κ2) is 9.76. The second-order valence-corrected chi connectivity index (χ2v) is 18.3. The molecule has 1 spiro atoms. The van der Waals surface area contributed by atoms with Crippen molar-refractivity contribution in [3.8, 4) is 28.9 Å². The van der Waals surface area contributed by atoms with Crippen LogP contribution in [0.15, 0.2) is 60.2 Å². The van der Waals surface area contributed by atoms with Crippen LogP contribution in [0.1, 0.15) is 89.8 Å². The third kappa shape index (κ3) is 3.86. The summed E-state index contributed by atoms with van der Waals surface area (Å²) in [6.45, 7) is 13.8. The summed E-state index contributed by atoms with van der Waals surface area (Å²) in [4.78, 5) is 0. The molecule has 3 aliphatic rings. The Morgan fingerprint density at radius 2 is 1.55 bits per heavy atom. The van der Waals surface area contributed by atoms with Crippen LogP contribution in [-0.2, 0) is 6.42 Å². The molecule has 0 unspecified atom stereocenters. The number of fused-ring (bicyclic) bond motifs is 6. The van der Waals surface area contributed by atoms with Gasteiger partial charge in [0.2, 0.25) is 11.8 Å². The number of para-hydroxylation sites is 1. The second-order valence-electron chi connectivity index (χ2n) is 12.9. The van der Waals surface area contributed by atoms with Gasteiger partial charge in [0.15, 0.2) is 0 Å². The van der Waals surface area contributed by atoms with Crippen LogP contribution in [0.25, 0.3) is 5.69 Å². The summed E-state index contributed by atoms with van der Waals surface area (Å²) in [7, 11) is -2.14. The Labute approximate surface area is 239 Å². The van der Waals surface area contributed by atoms with E-state index >= 15 is 0 Å². The lowest BCUT2D eigenvalue weighted by atomic mass is 9.70. The summed E-state index contributed by atoms with van der Waals surface area (Å²) < 4.78 is 15.6. The van der Waals surface area contributed by atoms with Crippen LogP contribution < -0.4 is 9.16 Å². The molecule has 6 heteroatoms. The molecule has 5 nitrogen and oxygen atoms in total. The van der Waals surface area contributed by atoms with Crippen molar-refractivity contribution in [2.24, 2.45) is 0 Å². The van der Waals surface area contributed by atoms with E-state index < -0.39 is 8.32 Å². The average molecular weight is 558 g/mol. The molecule has 1 aromatic heterocycles. The van der Waals surface area contributed by atoms with Crippen molar-refractivity contribution in [1.29, 1.82) is 0 Å². The van der Waals surface area contributed by atoms with Gasteiger partial charge >= 0.3 is 0 Å². The zero-order valence-electron chi connectivity index (χ0n) is 24.7. The predicted octanol–water partition coefficient (Wildman–Crippen LogP) is 8.76. The zero-order chi connectivity index (χ0) is 28.4. The van der Waals surface area contributed by atoms with Crippen LogP contribution in [0, 0.1) is 0 Å². The van der Waals surface area contributed by atoms with Crippen LogP contribution in [0.2, 0.25) is 16.6 Å². The fourth-order valence-corrected chi connectivity index (χ4v) is 13.5. The molecule has 40 heavy (non-hydrogen) atoms. The molecule has 212 valence electrons. The zero-order valence-corrected chi connectivity index (χ0v) is 25.7. The highest BCUT2D eigenvalue weighted by atomic mass is 28.4. The van der Waals surface area contributed by atoms with Gasteiger partial charge in [-0.3, -0.25) is 4.57 Å². The molecule has 1 aliphatic heterocycles. The molecule has 2 heterocycles. The van der Waals surface area contributed by atoms with Gasteiger partial charge in [-0.25, -0.2) is 0 Å². The maximum atomic E-state index is 11.7. The molecule has 1 fully saturated rings. The first kappa shape index (κ1) is 27.1. The summed E-state index contributed by atoms with van der Waals surface area (Å²) in [5, 5.41) is 23.1. The lowest BCUT2D eigenvalue weighted by Gasteiger charge is -2.45. The lowest BCUT2D eigenvalue weighted by Crippen LogP contribution is -2.50. The average Bonchev–Trinajstić information content (AvgIpc) is 3.49. The molecule has 2 aliphatic carbocycles. The van der Waals surface area contributed by atoms with Crippen LogP contribution in [0.5, 0.6) is 23.3 Å². The minimum atomic E-state index is -2.14. The quantitative estimate of drug-likeness (QED) is 0.235. The van der Waals surface area contributed by atoms with Crippen molar-refractivity contribution in [1.82, 2.24) is 4.57 Å². The highest BCUT2D eigenvalue weighted by molar-refractivity contribution is 6.78. The number of aromatic nitrogens is 1. The van der Waals surface area contributed by atoms with Crippen molar-refractivity contribution in [3.05, 3.63) is 76.9 Å². The number of allylic oxidation sites excluding steroid dienone is 1. The highest BCUT2D eigenvalue weighted by Gasteiger charge is 2.51. The molecular formula is C34H43NO4Si. The van der Waals surface area contributed by atoms with Crippen molar-refractivity contribution in [2.45, 2.75) is 102 Å². The summed E-state index contributed by atoms with van der Waals surface area (Å²) in [5.74, 6) is 1.79. The third-order valence-electron chi connectivity index (χ3n) is 9.94. The lowest BCUT2D eigenvalue weighted by molar-refractivity contribution is 0.0954. The summed E-state index contributed by atoms with van der Waals surface area (Å²) >= 11 is 0. The van der Waals surface area contributed by atoms with Gasteiger partial charge in [-0.05, 0) is 72.5 Å². The van der Waals surface area contributed by atoms with Crippen molar-refractivity contribution in [3.63, 3.8) is 0 Å². The molecule has 2 N–H and O–H groups in total. The largest absolute Gasteiger partial charge is 0.543 e. The molecule has 6 rings (SSSR count).